The minimum Gasteiger partial charge on any atom is -0.488 e. The summed E-state index contributed by atoms with van der Waals surface area (Å²) in [7, 11) is 1.67. The van der Waals surface area contributed by atoms with Crippen LogP contribution in [-0.4, -0.2) is 79.9 Å². The maximum absolute atomic E-state index is 11.8. The van der Waals surface area contributed by atoms with Gasteiger partial charge in [0.05, 0.1) is 27.8 Å². The highest BCUT2D eigenvalue weighted by Gasteiger charge is 2.25. The molecule has 6 N–H and O–H groups in total. The van der Waals surface area contributed by atoms with Gasteiger partial charge in [-0.3, -0.25) is 35.2 Å². The topological polar surface area (TPSA) is 238 Å². The van der Waals surface area contributed by atoms with Gasteiger partial charge < -0.3 is 39.4 Å². The maximum atomic E-state index is 11.8. The van der Waals surface area contributed by atoms with E-state index in [4.69, 9.17) is 42.1 Å². The van der Waals surface area contributed by atoms with Gasteiger partial charge in [0.1, 0.15) is 67.6 Å². The third kappa shape index (κ3) is 14.3. The van der Waals surface area contributed by atoms with Crippen molar-refractivity contribution in [2.75, 3.05) is 7.05 Å². The summed E-state index contributed by atoms with van der Waals surface area (Å²) in [5, 5.41) is 55.1. The summed E-state index contributed by atoms with van der Waals surface area (Å²) < 4.78 is 25.2. The van der Waals surface area contributed by atoms with Gasteiger partial charge in [-0.25, -0.2) is 0 Å². The molecule has 4 aromatic carbocycles. The molecule has 0 aliphatic heterocycles. The van der Waals surface area contributed by atoms with E-state index in [-0.39, 0.29) is 49.6 Å². The number of nitrogens with zero attached hydrogens (tertiary/aromatic N) is 4. The predicted molar refractivity (Wildman–Crippen MR) is 268 cm³/mol. The first-order valence-electron chi connectivity index (χ1n) is 22.4. The number of aromatic nitrogens is 2. The molecule has 18 heteroatoms. The molecule has 16 nitrogen and oxygen atoms in total. The molecule has 4 atom stereocenters. The van der Waals surface area contributed by atoms with Crippen molar-refractivity contribution >= 4 is 41.4 Å². The molecule has 0 fully saturated rings. The first kappa shape index (κ1) is 53.3. The van der Waals surface area contributed by atoms with Crippen LogP contribution in [0.3, 0.4) is 0 Å². The molecule has 0 aliphatic carbocycles. The normalized spacial score (nSPS) is 13.0. The van der Waals surface area contributed by atoms with Crippen molar-refractivity contribution < 1.29 is 49.0 Å². The molecule has 0 amide bonds. The molecule has 6 aromatic rings. The van der Waals surface area contributed by atoms with E-state index < -0.39 is 36.2 Å². The van der Waals surface area contributed by atoms with Crippen LogP contribution in [-0.2, 0) is 49.1 Å². The van der Waals surface area contributed by atoms with Crippen LogP contribution < -0.4 is 29.6 Å². The lowest BCUT2D eigenvalue weighted by molar-refractivity contribution is -0.143. The molecule has 0 unspecified atom stereocenters. The summed E-state index contributed by atoms with van der Waals surface area (Å²) in [5.74, 6) is -1.04. The summed E-state index contributed by atoms with van der Waals surface area (Å²) >= 11 is 13.6. The number of hydrogen-bond donors (Lipinski definition) is 6. The Morgan fingerprint density at radius 2 is 1.11 bits per heavy atom. The Hall–Kier alpha value is -7.10. The number of aliphatic hydroxyl groups excluding tert-OH is 2. The molecule has 0 bridgehead atoms. The Morgan fingerprint density at radius 3 is 1.55 bits per heavy atom. The van der Waals surface area contributed by atoms with E-state index in [1.54, 1.807) is 62.2 Å². The van der Waals surface area contributed by atoms with E-state index in [0.717, 1.165) is 44.5 Å². The second kappa shape index (κ2) is 25.1. The lowest BCUT2D eigenvalue weighted by Gasteiger charge is -2.20. The van der Waals surface area contributed by atoms with Crippen LogP contribution >= 0.6 is 23.2 Å². The number of carboxylic acids is 2. The van der Waals surface area contributed by atoms with Crippen molar-refractivity contribution in [3.05, 3.63) is 163 Å². The third-order valence-corrected chi connectivity index (χ3v) is 12.1. The number of nitriles is 1. The van der Waals surface area contributed by atoms with E-state index in [1.807, 2.05) is 56.3 Å². The number of aliphatic carboxylic acids is 2. The summed E-state index contributed by atoms with van der Waals surface area (Å²) in [6.07, 6.45) is 5.71. The summed E-state index contributed by atoms with van der Waals surface area (Å²) in [5.41, 5.74) is 9.26. The van der Waals surface area contributed by atoms with Gasteiger partial charge in [0.25, 0.3) is 0 Å². The molecule has 0 saturated carbocycles. The molecular formula is C53H54Cl2N6O10. The van der Waals surface area contributed by atoms with Gasteiger partial charge in [0, 0.05) is 91.1 Å². The fourth-order valence-electron chi connectivity index (χ4n) is 7.62. The highest BCUT2D eigenvalue weighted by Crippen LogP contribution is 2.37. The van der Waals surface area contributed by atoms with Gasteiger partial charge in [0.2, 0.25) is 0 Å². The van der Waals surface area contributed by atoms with Crippen LogP contribution in [0.1, 0.15) is 69.5 Å². The smallest absolute Gasteiger partial charge is 0.323 e. The van der Waals surface area contributed by atoms with Gasteiger partial charge in [0.15, 0.2) is 0 Å². The van der Waals surface area contributed by atoms with Crippen LogP contribution in [0.15, 0.2) is 103 Å². The molecule has 370 valence electrons. The highest BCUT2D eigenvalue weighted by molar-refractivity contribution is 6.32. The largest absolute Gasteiger partial charge is 0.488 e. The minimum atomic E-state index is -1.25. The molecule has 2 aromatic heterocycles. The highest BCUT2D eigenvalue weighted by atomic mass is 35.5. The number of rotatable bonds is 24. The van der Waals surface area contributed by atoms with Gasteiger partial charge in [-0.2, -0.15) is 5.26 Å². The van der Waals surface area contributed by atoms with Crippen molar-refractivity contribution in [2.45, 2.75) is 91.5 Å². The maximum Gasteiger partial charge on any atom is 0.323 e. The Bertz CT molecular complexity index is 2930. The number of hydrogen-bond acceptors (Lipinski definition) is 14. The van der Waals surface area contributed by atoms with E-state index in [9.17, 15) is 35.3 Å². The third-order valence-electron chi connectivity index (χ3n) is 11.5. The standard InChI is InChI=1S/C53H54Cl2N6O10/c1-30-38(28-70-48-16-46(68-26-36-12-34(18-56)20-58-22-36)40(14-44(48)54)24-60-50(32(3)62)52(64)65)8-6-10-42(30)43-11-7-9-39(31(43)2)29-71-49-17-47(69-27-37-13-35(19-57-5)21-59-23-37)41(15-45(49)55)25-61-51(33(4)63)53(66)67/h6-17,19-23,32-33,50-51,60-63H,24-29H2,1-5H3,(H,64,65)(H,66,67)/b57-19+/t32-,33-,50+,51+/m1/s1. The van der Waals surface area contributed by atoms with Crippen molar-refractivity contribution in [1.29, 1.82) is 5.26 Å². The number of aliphatic hydroxyl groups is 2. The number of benzene rings is 4. The molecule has 2 heterocycles. The average Bonchev–Trinajstić information content (AvgIpc) is 3.33. The predicted octanol–water partition coefficient (Wildman–Crippen LogP) is 8.15. The monoisotopic (exact) mass is 1000 g/mol. The van der Waals surface area contributed by atoms with Crippen LogP contribution in [0.25, 0.3) is 11.1 Å². The Labute approximate surface area is 421 Å². The van der Waals surface area contributed by atoms with Crippen molar-refractivity contribution in [3.8, 4) is 40.2 Å². The Morgan fingerprint density at radius 1 is 0.662 bits per heavy atom. The molecule has 0 saturated heterocycles. The van der Waals surface area contributed by atoms with Crippen molar-refractivity contribution in [3.63, 3.8) is 0 Å². The zero-order valence-electron chi connectivity index (χ0n) is 39.7. The number of carbonyl (C=O) groups is 2. The van der Waals surface area contributed by atoms with Crippen LogP contribution in [0.4, 0.5) is 0 Å². The van der Waals surface area contributed by atoms with Crippen molar-refractivity contribution in [2.24, 2.45) is 4.99 Å². The number of carboxylic acid groups (broad SMARTS) is 2. The van der Waals surface area contributed by atoms with Crippen molar-refractivity contribution in [1.82, 2.24) is 20.6 Å². The Kier molecular flexibility index (Phi) is 18.9. The summed E-state index contributed by atoms with van der Waals surface area (Å²) in [6.45, 7) is 7.26. The van der Waals surface area contributed by atoms with Crippen LogP contribution in [0.5, 0.6) is 23.0 Å². The van der Waals surface area contributed by atoms with E-state index >= 15 is 0 Å². The lowest BCUT2D eigenvalue weighted by atomic mass is 9.92. The SMILES string of the molecule is C/N=C/c1cncc(COc2cc(OCc3cccc(-c4cccc(COc5cc(OCc6cncc(C#N)c6)c(CN[C@H](C(=O)O)[C@@H](C)O)cc5Cl)c4C)c3C)c(Cl)cc2CN[C@H](C(=O)O)[C@@H](C)O)c1. The zero-order chi connectivity index (χ0) is 51.2. The fourth-order valence-corrected chi connectivity index (χ4v) is 8.10. The average molecular weight is 1010 g/mol. The quantitative estimate of drug-likeness (QED) is 0.0314. The second-order valence-electron chi connectivity index (χ2n) is 16.7. The molecule has 71 heavy (non-hydrogen) atoms. The van der Waals surface area contributed by atoms with Gasteiger partial charge in [-0.15, -0.1) is 0 Å². The number of halogens is 2. The number of pyridine rings is 2. The summed E-state index contributed by atoms with van der Waals surface area (Å²) in [6, 6.07) is 21.6. The van der Waals surface area contributed by atoms with Crippen LogP contribution in [0, 0.1) is 25.2 Å². The molecule has 0 spiro atoms. The number of aliphatic imine (C=N–C) groups is 1. The van der Waals surface area contributed by atoms with Crippen LogP contribution in [0.2, 0.25) is 10.0 Å². The van der Waals surface area contributed by atoms with E-state index in [0.29, 0.717) is 45.3 Å². The van der Waals surface area contributed by atoms with E-state index in [2.05, 4.69) is 31.7 Å². The molecule has 6 rings (SSSR count). The first-order chi connectivity index (χ1) is 34.1. The number of nitrogens with one attached hydrogen (secondary N) is 2. The number of ether oxygens (including phenoxy) is 4. The molecular weight excluding hydrogens is 952 g/mol. The lowest BCUT2D eigenvalue weighted by Crippen LogP contribution is -2.44. The first-order valence-corrected chi connectivity index (χ1v) is 23.1. The fraction of sp³-hybridized carbons (Fsp3) is 0.283. The van der Waals surface area contributed by atoms with E-state index in [1.165, 1.54) is 20.0 Å². The zero-order valence-corrected chi connectivity index (χ0v) is 41.2. The van der Waals surface area contributed by atoms with Gasteiger partial charge >= 0.3 is 11.9 Å². The molecule has 0 aliphatic rings. The van der Waals surface area contributed by atoms with Gasteiger partial charge in [-0.05, 0) is 85.3 Å². The van der Waals surface area contributed by atoms with Gasteiger partial charge in [-0.1, -0.05) is 59.6 Å². The minimum absolute atomic E-state index is 0.00365. The Balaban J connectivity index is 1.21. The summed E-state index contributed by atoms with van der Waals surface area (Å²) in [4.78, 5) is 36.1. The second-order valence-corrected chi connectivity index (χ2v) is 17.5. The molecule has 0 radical (unpaired) electrons.